The molecule has 0 aliphatic carbocycles. The molecule has 0 amide bonds. The fourth-order valence-electron chi connectivity index (χ4n) is 1.22. The van der Waals surface area contributed by atoms with Gasteiger partial charge in [0.15, 0.2) is 5.03 Å². The summed E-state index contributed by atoms with van der Waals surface area (Å²) >= 11 is 0. The van der Waals surface area contributed by atoms with Crippen LogP contribution in [0.5, 0.6) is 0 Å². The standard InChI is InChI=1S/C6H12N2O2/c9-8(10)7-5-3-1-2-4-6-7/h1-6H2. The van der Waals surface area contributed by atoms with E-state index in [-0.39, 0.29) is 5.03 Å². The first-order valence-electron chi connectivity index (χ1n) is 3.70. The van der Waals surface area contributed by atoms with Crippen LogP contribution in [0, 0.1) is 10.1 Å². The van der Waals surface area contributed by atoms with Crippen LogP contribution in [0.3, 0.4) is 0 Å². The molecule has 4 heteroatoms. The van der Waals surface area contributed by atoms with E-state index in [0.717, 1.165) is 25.7 Å². The predicted octanol–water partition coefficient (Wildman–Crippen LogP) is 1.05. The second-order valence-corrected chi connectivity index (χ2v) is 2.61. The van der Waals surface area contributed by atoms with Gasteiger partial charge in [-0.2, -0.15) is 0 Å². The fraction of sp³-hybridized carbons (Fsp3) is 1.00. The van der Waals surface area contributed by atoms with Gasteiger partial charge >= 0.3 is 0 Å². The number of hydrogen-bond donors (Lipinski definition) is 0. The molecule has 58 valence electrons. The normalized spacial score (nSPS) is 20.2. The lowest BCUT2D eigenvalue weighted by atomic mass is 10.2. The van der Waals surface area contributed by atoms with Gasteiger partial charge < -0.3 is 0 Å². The molecule has 1 rings (SSSR count). The van der Waals surface area contributed by atoms with Crippen molar-refractivity contribution < 1.29 is 5.03 Å². The van der Waals surface area contributed by atoms with Gasteiger partial charge in [0.2, 0.25) is 0 Å². The summed E-state index contributed by atoms with van der Waals surface area (Å²) in [4.78, 5) is 10.2. The van der Waals surface area contributed by atoms with Crippen LogP contribution in [0.2, 0.25) is 0 Å². The van der Waals surface area contributed by atoms with Gasteiger partial charge in [-0.05, 0) is 12.8 Å². The number of hydrazine groups is 1. The lowest BCUT2D eigenvalue weighted by Crippen LogP contribution is -2.30. The van der Waals surface area contributed by atoms with Gasteiger partial charge in [0, 0.05) is 0 Å². The predicted molar refractivity (Wildman–Crippen MR) is 37.0 cm³/mol. The Balaban J connectivity index is 2.35. The van der Waals surface area contributed by atoms with E-state index in [1.54, 1.807) is 0 Å². The van der Waals surface area contributed by atoms with Crippen LogP contribution in [0.1, 0.15) is 25.7 Å². The number of rotatable bonds is 1. The van der Waals surface area contributed by atoms with E-state index >= 15 is 0 Å². The zero-order valence-corrected chi connectivity index (χ0v) is 5.95. The van der Waals surface area contributed by atoms with Crippen molar-refractivity contribution in [1.29, 1.82) is 0 Å². The molecule has 1 saturated heterocycles. The molecule has 10 heavy (non-hydrogen) atoms. The second kappa shape index (κ2) is 3.39. The molecular weight excluding hydrogens is 132 g/mol. The topological polar surface area (TPSA) is 46.4 Å². The van der Waals surface area contributed by atoms with Crippen LogP contribution in [-0.4, -0.2) is 23.1 Å². The van der Waals surface area contributed by atoms with Gasteiger partial charge in [0.05, 0.1) is 13.1 Å². The maximum absolute atomic E-state index is 10.2. The molecule has 4 nitrogen and oxygen atoms in total. The quantitative estimate of drug-likeness (QED) is 0.408. The zero-order valence-electron chi connectivity index (χ0n) is 5.95. The molecule has 0 aromatic carbocycles. The van der Waals surface area contributed by atoms with Crippen molar-refractivity contribution in [2.24, 2.45) is 0 Å². The Morgan fingerprint density at radius 3 is 2.00 bits per heavy atom. The van der Waals surface area contributed by atoms with E-state index in [4.69, 9.17) is 0 Å². The zero-order chi connectivity index (χ0) is 7.40. The van der Waals surface area contributed by atoms with Crippen molar-refractivity contribution in [2.75, 3.05) is 13.1 Å². The highest BCUT2D eigenvalue weighted by Crippen LogP contribution is 2.08. The Morgan fingerprint density at radius 2 is 1.60 bits per heavy atom. The van der Waals surface area contributed by atoms with Crippen molar-refractivity contribution in [3.63, 3.8) is 0 Å². The molecule has 0 spiro atoms. The lowest BCUT2D eigenvalue weighted by molar-refractivity contribution is -0.655. The van der Waals surface area contributed by atoms with Crippen molar-refractivity contribution in [3.05, 3.63) is 10.1 Å². The maximum Gasteiger partial charge on any atom is 0.160 e. The van der Waals surface area contributed by atoms with Crippen molar-refractivity contribution in [1.82, 2.24) is 5.01 Å². The Labute approximate surface area is 59.9 Å². The van der Waals surface area contributed by atoms with E-state index in [1.165, 1.54) is 5.01 Å². The van der Waals surface area contributed by atoms with Gasteiger partial charge in [0.25, 0.3) is 0 Å². The third-order valence-corrected chi connectivity index (χ3v) is 1.81. The van der Waals surface area contributed by atoms with Gasteiger partial charge in [-0.15, -0.1) is 5.01 Å². The van der Waals surface area contributed by atoms with E-state index in [2.05, 4.69) is 0 Å². The van der Waals surface area contributed by atoms with E-state index in [9.17, 15) is 10.1 Å². The van der Waals surface area contributed by atoms with Crippen LogP contribution >= 0.6 is 0 Å². The van der Waals surface area contributed by atoms with Crippen LogP contribution in [0.25, 0.3) is 0 Å². The summed E-state index contributed by atoms with van der Waals surface area (Å²) < 4.78 is 0. The first-order chi connectivity index (χ1) is 4.80. The molecule has 1 aliphatic rings. The van der Waals surface area contributed by atoms with Crippen molar-refractivity contribution in [2.45, 2.75) is 25.7 Å². The lowest BCUT2D eigenvalue weighted by Gasteiger charge is -2.09. The molecule has 1 fully saturated rings. The molecule has 0 bridgehead atoms. The third-order valence-electron chi connectivity index (χ3n) is 1.81. The third kappa shape index (κ3) is 1.86. The first kappa shape index (κ1) is 7.31. The summed E-state index contributed by atoms with van der Waals surface area (Å²) in [5.74, 6) is 0. The Kier molecular flexibility index (Phi) is 2.48. The van der Waals surface area contributed by atoms with Crippen LogP contribution in [0.15, 0.2) is 0 Å². The number of nitro groups is 1. The molecule has 0 aromatic heterocycles. The molecule has 0 N–H and O–H groups in total. The first-order valence-corrected chi connectivity index (χ1v) is 3.70. The molecule has 1 aliphatic heterocycles. The van der Waals surface area contributed by atoms with Crippen molar-refractivity contribution in [3.8, 4) is 0 Å². The summed E-state index contributed by atoms with van der Waals surface area (Å²) in [6, 6.07) is 0. The molecule has 0 unspecified atom stereocenters. The highest BCUT2D eigenvalue weighted by Gasteiger charge is 2.15. The average Bonchev–Trinajstić information content (AvgIpc) is 2.12. The minimum atomic E-state index is -0.286. The molecular formula is C6H12N2O2. The Bertz CT molecular complexity index is 119. The number of hydrogen-bond acceptors (Lipinski definition) is 2. The Hall–Kier alpha value is -0.800. The van der Waals surface area contributed by atoms with Crippen LogP contribution in [0.4, 0.5) is 0 Å². The van der Waals surface area contributed by atoms with E-state index in [0.29, 0.717) is 13.1 Å². The van der Waals surface area contributed by atoms with Crippen LogP contribution in [-0.2, 0) is 0 Å². The summed E-state index contributed by atoms with van der Waals surface area (Å²) in [5, 5.41) is 11.3. The Morgan fingerprint density at radius 1 is 1.10 bits per heavy atom. The minimum Gasteiger partial charge on any atom is -0.235 e. The average molecular weight is 144 g/mol. The highest BCUT2D eigenvalue weighted by atomic mass is 16.7. The van der Waals surface area contributed by atoms with Crippen LogP contribution < -0.4 is 0 Å². The molecule has 0 atom stereocenters. The molecule has 0 saturated carbocycles. The number of nitrogens with zero attached hydrogens (tertiary/aromatic N) is 2. The molecule has 0 aromatic rings. The fourth-order valence-corrected chi connectivity index (χ4v) is 1.22. The summed E-state index contributed by atoms with van der Waals surface area (Å²) in [6.07, 6.45) is 4.23. The SMILES string of the molecule is O=[N+]([O-])N1CCCCCC1. The van der Waals surface area contributed by atoms with E-state index in [1.807, 2.05) is 0 Å². The van der Waals surface area contributed by atoms with Crippen molar-refractivity contribution >= 4 is 0 Å². The monoisotopic (exact) mass is 144 g/mol. The van der Waals surface area contributed by atoms with Gasteiger partial charge in [-0.1, -0.05) is 12.8 Å². The minimum absolute atomic E-state index is 0.286. The summed E-state index contributed by atoms with van der Waals surface area (Å²) in [5.41, 5.74) is 0. The smallest absolute Gasteiger partial charge is 0.160 e. The molecule has 0 radical (unpaired) electrons. The van der Waals surface area contributed by atoms with Gasteiger partial charge in [-0.3, -0.25) is 0 Å². The van der Waals surface area contributed by atoms with Gasteiger partial charge in [0.1, 0.15) is 0 Å². The highest BCUT2D eigenvalue weighted by molar-refractivity contribution is 4.54. The van der Waals surface area contributed by atoms with E-state index < -0.39 is 0 Å². The largest absolute Gasteiger partial charge is 0.235 e. The maximum atomic E-state index is 10.2. The summed E-state index contributed by atoms with van der Waals surface area (Å²) in [6.45, 7) is 1.26. The summed E-state index contributed by atoms with van der Waals surface area (Å²) in [7, 11) is 0. The second-order valence-electron chi connectivity index (χ2n) is 2.61. The van der Waals surface area contributed by atoms with Gasteiger partial charge in [-0.25, -0.2) is 10.1 Å². The molecule has 1 heterocycles.